The first-order valence-corrected chi connectivity index (χ1v) is 3.17. The molecule has 0 aliphatic heterocycles. The van der Waals surface area contributed by atoms with Crippen molar-refractivity contribution in [2.45, 2.75) is 0 Å². The van der Waals surface area contributed by atoms with Crippen molar-refractivity contribution in [1.82, 2.24) is 0 Å². The Hall–Kier alpha value is -1.78. The lowest BCUT2D eigenvalue weighted by atomic mass is 10.2. The zero-order valence-corrected chi connectivity index (χ0v) is 6.17. The molecule has 5 nitrogen and oxygen atoms in total. The van der Waals surface area contributed by atoms with Crippen LogP contribution < -0.4 is 0 Å². The largest absolute Gasteiger partial charge is 0.337 e. The molecule has 0 amide bonds. The van der Waals surface area contributed by atoms with Crippen LogP contribution in [-0.4, -0.2) is 5.03 Å². The molecular formula is C7H6N3O2. The summed E-state index contributed by atoms with van der Waals surface area (Å²) in [6, 6.07) is 6.79. The van der Waals surface area contributed by atoms with Gasteiger partial charge in [-0.25, -0.2) is 0 Å². The lowest BCUT2D eigenvalue weighted by Gasteiger charge is -1.88. The number of nitrogens with zero attached hydrogens (tertiary/aromatic N) is 3. The van der Waals surface area contributed by atoms with Gasteiger partial charge in [-0.2, -0.15) is 0 Å². The summed E-state index contributed by atoms with van der Waals surface area (Å²) in [6.07, 6.45) is 0. The van der Waals surface area contributed by atoms with E-state index in [4.69, 9.17) is 0 Å². The summed E-state index contributed by atoms with van der Waals surface area (Å²) in [5, 5.41) is 15.1. The average Bonchev–Trinajstić information content (AvgIpc) is 2.03. The second-order valence-corrected chi connectivity index (χ2v) is 2.06. The van der Waals surface area contributed by atoms with E-state index >= 15 is 0 Å². The van der Waals surface area contributed by atoms with Gasteiger partial charge in [0.1, 0.15) is 0 Å². The third-order valence-electron chi connectivity index (χ3n) is 1.22. The Bertz CT molecular complexity index is 322. The van der Waals surface area contributed by atoms with E-state index in [0.717, 1.165) is 0 Å². The van der Waals surface area contributed by atoms with Crippen molar-refractivity contribution in [3.63, 3.8) is 0 Å². The summed E-state index contributed by atoms with van der Waals surface area (Å²) >= 11 is 0. The van der Waals surface area contributed by atoms with E-state index in [1.165, 1.54) is 0 Å². The summed E-state index contributed by atoms with van der Waals surface area (Å²) in [5.74, 6) is 0. The van der Waals surface area contributed by atoms with E-state index in [-0.39, 0.29) is 0 Å². The average molecular weight is 164 g/mol. The molecule has 1 radical (unpaired) electrons. The summed E-state index contributed by atoms with van der Waals surface area (Å²) in [7, 11) is 0. The van der Waals surface area contributed by atoms with Gasteiger partial charge in [-0.1, -0.05) is 18.2 Å². The minimum Gasteiger partial charge on any atom is -0.337 e. The summed E-state index contributed by atoms with van der Waals surface area (Å²) in [6.45, 7) is 3.62. The molecule has 0 bridgehead atoms. The van der Waals surface area contributed by atoms with Gasteiger partial charge >= 0.3 is 0 Å². The van der Waals surface area contributed by atoms with Gasteiger partial charge < -0.3 is 10.1 Å². The lowest BCUT2D eigenvalue weighted by molar-refractivity contribution is -0.493. The molecule has 12 heavy (non-hydrogen) atoms. The molecular weight excluding hydrogens is 158 g/mol. The first-order valence-electron chi connectivity index (χ1n) is 3.17. The van der Waals surface area contributed by atoms with Crippen LogP contribution in [-0.2, 0) is 0 Å². The van der Waals surface area contributed by atoms with Crippen molar-refractivity contribution in [1.29, 1.82) is 0 Å². The first-order chi connectivity index (χ1) is 5.70. The molecule has 0 saturated heterocycles. The second-order valence-electron chi connectivity index (χ2n) is 2.06. The van der Waals surface area contributed by atoms with E-state index in [1.54, 1.807) is 24.3 Å². The van der Waals surface area contributed by atoms with Crippen LogP contribution in [0, 0.1) is 17.0 Å². The fourth-order valence-electron chi connectivity index (χ4n) is 0.693. The van der Waals surface area contributed by atoms with Gasteiger partial charge in [-0.05, 0) is 13.0 Å². The van der Waals surface area contributed by atoms with Crippen LogP contribution in [0.1, 0.15) is 5.56 Å². The van der Waals surface area contributed by atoms with Crippen LogP contribution in [0.2, 0.25) is 0 Å². The van der Waals surface area contributed by atoms with E-state index in [1.807, 2.05) is 0 Å². The summed E-state index contributed by atoms with van der Waals surface area (Å²) < 4.78 is 0. The molecule has 0 saturated carbocycles. The first kappa shape index (κ1) is 8.32. The maximum atomic E-state index is 9.81. The van der Waals surface area contributed by atoms with Crippen LogP contribution in [0.15, 0.2) is 34.6 Å². The topological polar surface area (TPSA) is 67.9 Å². The molecule has 0 fully saturated rings. The van der Waals surface area contributed by atoms with Crippen molar-refractivity contribution in [2.24, 2.45) is 10.3 Å². The van der Waals surface area contributed by atoms with Crippen LogP contribution in [0.3, 0.4) is 0 Å². The predicted octanol–water partition coefficient (Wildman–Crippen LogP) is 2.14. The van der Waals surface area contributed by atoms with Crippen molar-refractivity contribution in [3.8, 4) is 0 Å². The molecule has 0 atom stereocenters. The van der Waals surface area contributed by atoms with Gasteiger partial charge in [0.15, 0.2) is 5.22 Å². The Labute approximate surface area is 68.9 Å². The number of hydrogen-bond acceptors (Lipinski definition) is 3. The van der Waals surface area contributed by atoms with Gasteiger partial charge in [0.2, 0.25) is 5.69 Å². The normalized spacial score (nSPS) is 10.4. The number of nitro groups is 1. The highest BCUT2D eigenvalue weighted by Gasteiger charge is 2.00. The molecule has 0 aliphatic carbocycles. The predicted molar refractivity (Wildman–Crippen MR) is 42.4 cm³/mol. The molecule has 0 N–H and O–H groups in total. The Morgan fingerprint density at radius 1 is 1.42 bits per heavy atom. The standard InChI is InChI=1S/C7H6N3O2/c1-6-4-2-3-5-7(6)8-9-10(11)12/h2-5H,1H2/b9-8+. The van der Waals surface area contributed by atoms with Gasteiger partial charge in [0.05, 0.1) is 10.1 Å². The molecule has 0 heterocycles. The molecule has 61 valence electrons. The quantitative estimate of drug-likeness (QED) is 0.381. The van der Waals surface area contributed by atoms with Crippen LogP contribution >= 0.6 is 0 Å². The van der Waals surface area contributed by atoms with Crippen molar-refractivity contribution in [3.05, 3.63) is 46.9 Å². The van der Waals surface area contributed by atoms with E-state index in [0.29, 0.717) is 11.3 Å². The van der Waals surface area contributed by atoms with Gasteiger partial charge in [0.25, 0.3) is 0 Å². The zero-order chi connectivity index (χ0) is 8.97. The second kappa shape index (κ2) is 3.56. The number of rotatable bonds is 2. The highest BCUT2D eigenvalue weighted by molar-refractivity contribution is 5.46. The van der Waals surface area contributed by atoms with E-state index < -0.39 is 5.03 Å². The minimum absolute atomic E-state index is 0.411. The van der Waals surface area contributed by atoms with Crippen LogP contribution in [0.25, 0.3) is 0 Å². The van der Waals surface area contributed by atoms with Crippen LogP contribution in [0.5, 0.6) is 0 Å². The Morgan fingerprint density at radius 2 is 2.08 bits per heavy atom. The fourth-order valence-corrected chi connectivity index (χ4v) is 0.693. The Morgan fingerprint density at radius 3 is 2.67 bits per heavy atom. The van der Waals surface area contributed by atoms with Crippen molar-refractivity contribution < 1.29 is 5.03 Å². The van der Waals surface area contributed by atoms with E-state index in [9.17, 15) is 10.1 Å². The summed E-state index contributed by atoms with van der Waals surface area (Å²) in [5.41, 5.74) is 1.03. The molecule has 1 rings (SSSR count). The number of benzene rings is 1. The maximum absolute atomic E-state index is 9.81. The molecule has 0 spiro atoms. The van der Waals surface area contributed by atoms with Crippen LogP contribution in [0.4, 0.5) is 5.69 Å². The van der Waals surface area contributed by atoms with Gasteiger partial charge in [-0.15, -0.1) is 0 Å². The SMILES string of the molecule is [CH2]c1ccccc1/N=N/[N+](=O)[O-]. The molecule has 5 heteroatoms. The lowest BCUT2D eigenvalue weighted by Crippen LogP contribution is -1.81. The fraction of sp³-hybridized carbons (Fsp3) is 0. The maximum Gasteiger partial charge on any atom is 0.206 e. The molecule has 1 aromatic carbocycles. The Balaban J connectivity index is 2.89. The Kier molecular flexibility index (Phi) is 2.47. The third kappa shape index (κ3) is 2.12. The smallest absolute Gasteiger partial charge is 0.206 e. The molecule has 1 aromatic rings. The monoisotopic (exact) mass is 164 g/mol. The van der Waals surface area contributed by atoms with E-state index in [2.05, 4.69) is 17.3 Å². The van der Waals surface area contributed by atoms with Crippen molar-refractivity contribution >= 4 is 5.69 Å². The molecule has 0 unspecified atom stereocenters. The molecule has 0 aliphatic rings. The van der Waals surface area contributed by atoms with Gasteiger partial charge in [-0.3, -0.25) is 0 Å². The highest BCUT2D eigenvalue weighted by atomic mass is 16.7. The van der Waals surface area contributed by atoms with Gasteiger partial charge in [0, 0.05) is 5.56 Å². The molecule has 0 aromatic heterocycles. The number of hydrogen-bond donors (Lipinski definition) is 0. The van der Waals surface area contributed by atoms with Crippen molar-refractivity contribution in [2.75, 3.05) is 0 Å². The highest BCUT2D eigenvalue weighted by Crippen LogP contribution is 2.16. The zero-order valence-electron chi connectivity index (χ0n) is 6.17. The summed E-state index contributed by atoms with van der Waals surface area (Å²) in [4.78, 5) is 9.81. The minimum atomic E-state index is -0.855. The third-order valence-corrected chi connectivity index (χ3v) is 1.22.